The van der Waals surface area contributed by atoms with Gasteiger partial charge in [-0.2, -0.15) is 0 Å². The van der Waals surface area contributed by atoms with E-state index in [1.807, 2.05) is 6.07 Å². The Hall–Kier alpha value is -1.92. The molecule has 0 aliphatic carbocycles. The molecule has 1 atom stereocenters. The van der Waals surface area contributed by atoms with Crippen LogP contribution in [0.4, 0.5) is 0 Å². The Labute approximate surface area is 156 Å². The third-order valence-electron chi connectivity index (χ3n) is 4.85. The summed E-state index contributed by atoms with van der Waals surface area (Å²) in [6.07, 6.45) is 0.798. The zero-order chi connectivity index (χ0) is 19.0. The van der Waals surface area contributed by atoms with Crippen LogP contribution in [0.5, 0.6) is 0 Å². The normalized spacial score (nSPS) is 18.3. The average molecular weight is 361 g/mol. The van der Waals surface area contributed by atoms with E-state index in [1.54, 1.807) is 13.8 Å². The molecule has 2 rings (SSSR count). The third kappa shape index (κ3) is 6.42. The molecule has 2 N–H and O–H groups in total. The maximum absolute atomic E-state index is 12.1. The monoisotopic (exact) mass is 361 g/mol. The highest BCUT2D eigenvalue weighted by Crippen LogP contribution is 2.23. The van der Waals surface area contributed by atoms with Crippen molar-refractivity contribution in [3.05, 3.63) is 35.9 Å². The first kappa shape index (κ1) is 20.4. The largest absolute Gasteiger partial charge is 0.469 e. The Morgan fingerprint density at radius 2 is 2.04 bits per heavy atom. The molecular formula is C20H31N3O3. The van der Waals surface area contributed by atoms with Crippen molar-refractivity contribution in [2.75, 3.05) is 33.3 Å². The van der Waals surface area contributed by atoms with Gasteiger partial charge >= 0.3 is 5.97 Å². The summed E-state index contributed by atoms with van der Waals surface area (Å²) in [5.41, 5.74) is 0.670. The summed E-state index contributed by atoms with van der Waals surface area (Å²) < 4.78 is 4.78. The molecule has 6 nitrogen and oxygen atoms in total. The Morgan fingerprint density at radius 1 is 1.31 bits per heavy atom. The summed E-state index contributed by atoms with van der Waals surface area (Å²) in [5.74, 6) is -0.306. The van der Waals surface area contributed by atoms with E-state index in [9.17, 15) is 9.59 Å². The highest BCUT2D eigenvalue weighted by molar-refractivity contribution is 5.79. The van der Waals surface area contributed by atoms with Gasteiger partial charge in [-0.1, -0.05) is 30.3 Å². The second kappa shape index (κ2) is 9.69. The number of carbonyl (C=O) groups is 2. The lowest BCUT2D eigenvalue weighted by atomic mass is 9.88. The van der Waals surface area contributed by atoms with E-state index in [0.717, 1.165) is 26.2 Å². The molecule has 1 aromatic rings. The van der Waals surface area contributed by atoms with E-state index in [0.29, 0.717) is 19.4 Å². The molecule has 1 fully saturated rings. The van der Waals surface area contributed by atoms with Crippen molar-refractivity contribution in [1.29, 1.82) is 0 Å². The van der Waals surface area contributed by atoms with Gasteiger partial charge in [-0.15, -0.1) is 0 Å². The molecule has 1 heterocycles. The van der Waals surface area contributed by atoms with Crippen LogP contribution in [0.1, 0.15) is 32.3 Å². The molecule has 1 saturated heterocycles. The van der Waals surface area contributed by atoms with Crippen LogP contribution in [0.15, 0.2) is 30.3 Å². The van der Waals surface area contributed by atoms with Gasteiger partial charge in [0.15, 0.2) is 0 Å². The van der Waals surface area contributed by atoms with Crippen LogP contribution in [0.2, 0.25) is 0 Å². The van der Waals surface area contributed by atoms with Gasteiger partial charge in [-0.25, -0.2) is 0 Å². The molecule has 0 aromatic heterocycles. The number of nitrogens with one attached hydrogen (secondary N) is 2. The molecule has 0 saturated carbocycles. The molecule has 0 radical (unpaired) electrons. The van der Waals surface area contributed by atoms with Crippen LogP contribution in [0, 0.1) is 5.41 Å². The predicted octanol–water partition coefficient (Wildman–Crippen LogP) is 1.56. The smallest absolute Gasteiger partial charge is 0.311 e. The van der Waals surface area contributed by atoms with E-state index in [4.69, 9.17) is 4.74 Å². The van der Waals surface area contributed by atoms with Crippen molar-refractivity contribution in [2.45, 2.75) is 39.3 Å². The number of nitrogens with zero attached hydrogens (tertiary/aromatic N) is 1. The van der Waals surface area contributed by atoms with Crippen LogP contribution >= 0.6 is 0 Å². The van der Waals surface area contributed by atoms with Gasteiger partial charge in [-0.3, -0.25) is 14.5 Å². The van der Waals surface area contributed by atoms with Crippen molar-refractivity contribution in [3.8, 4) is 0 Å². The maximum atomic E-state index is 12.1. The zero-order valence-electron chi connectivity index (χ0n) is 16.1. The molecule has 1 aliphatic heterocycles. The molecule has 144 valence electrons. The van der Waals surface area contributed by atoms with Crippen LogP contribution in [0.3, 0.4) is 0 Å². The van der Waals surface area contributed by atoms with Crippen LogP contribution in [0.25, 0.3) is 0 Å². The quantitative estimate of drug-likeness (QED) is 0.688. The number of benzene rings is 1. The summed E-state index contributed by atoms with van der Waals surface area (Å²) >= 11 is 0. The maximum Gasteiger partial charge on any atom is 0.311 e. The number of rotatable bonds is 8. The molecule has 1 aromatic carbocycles. The van der Waals surface area contributed by atoms with Gasteiger partial charge in [0.05, 0.1) is 12.5 Å². The summed E-state index contributed by atoms with van der Waals surface area (Å²) in [6.45, 7) is 7.97. The van der Waals surface area contributed by atoms with Gasteiger partial charge in [0.2, 0.25) is 5.91 Å². The third-order valence-corrected chi connectivity index (χ3v) is 4.85. The predicted molar refractivity (Wildman–Crippen MR) is 102 cm³/mol. The molecular weight excluding hydrogens is 330 g/mol. The number of methoxy groups -OCH3 is 1. The first-order chi connectivity index (χ1) is 12.4. The van der Waals surface area contributed by atoms with Crippen LogP contribution in [-0.4, -0.2) is 56.1 Å². The highest BCUT2D eigenvalue weighted by atomic mass is 16.5. The van der Waals surface area contributed by atoms with E-state index < -0.39 is 5.41 Å². The summed E-state index contributed by atoms with van der Waals surface area (Å²) in [4.78, 5) is 26.2. The fourth-order valence-corrected chi connectivity index (χ4v) is 3.15. The van der Waals surface area contributed by atoms with Crippen LogP contribution < -0.4 is 10.6 Å². The number of ether oxygens (including phenoxy) is 1. The van der Waals surface area contributed by atoms with E-state index >= 15 is 0 Å². The van der Waals surface area contributed by atoms with E-state index in [2.05, 4.69) is 39.8 Å². The summed E-state index contributed by atoms with van der Waals surface area (Å²) in [6, 6.07) is 10.7. The zero-order valence-corrected chi connectivity index (χ0v) is 16.1. The summed E-state index contributed by atoms with van der Waals surface area (Å²) in [5, 5.41) is 6.45. The van der Waals surface area contributed by atoms with E-state index in [-0.39, 0.29) is 17.9 Å². The first-order valence-electron chi connectivity index (χ1n) is 9.25. The highest BCUT2D eigenvalue weighted by Gasteiger charge is 2.29. The van der Waals surface area contributed by atoms with Gasteiger partial charge in [0.25, 0.3) is 0 Å². The Morgan fingerprint density at radius 3 is 2.73 bits per heavy atom. The SMILES string of the molecule is COC(=O)C(C)(C)CCC(=O)NC[C@@H]1CN(Cc2ccccc2)CCN1. The lowest BCUT2D eigenvalue weighted by Crippen LogP contribution is -2.54. The average Bonchev–Trinajstić information content (AvgIpc) is 2.65. The minimum Gasteiger partial charge on any atom is -0.469 e. The molecule has 0 spiro atoms. The minimum atomic E-state index is -0.637. The number of carbonyl (C=O) groups excluding carboxylic acids is 2. The van der Waals surface area contributed by atoms with Gasteiger partial charge < -0.3 is 15.4 Å². The number of piperazine rings is 1. The topological polar surface area (TPSA) is 70.7 Å². The lowest BCUT2D eigenvalue weighted by Gasteiger charge is -2.34. The second-order valence-electron chi connectivity index (χ2n) is 7.55. The molecule has 1 amide bonds. The van der Waals surface area contributed by atoms with Crippen LogP contribution in [-0.2, 0) is 20.9 Å². The Balaban J connectivity index is 1.71. The minimum absolute atomic E-state index is 0.0241. The lowest BCUT2D eigenvalue weighted by molar-refractivity contribution is -0.151. The van der Waals surface area contributed by atoms with Crippen molar-refractivity contribution >= 4 is 11.9 Å². The summed E-state index contributed by atoms with van der Waals surface area (Å²) in [7, 11) is 1.38. The molecule has 6 heteroatoms. The number of hydrogen-bond donors (Lipinski definition) is 2. The number of esters is 1. The van der Waals surface area contributed by atoms with Gasteiger partial charge in [0.1, 0.15) is 0 Å². The van der Waals surface area contributed by atoms with Crippen molar-refractivity contribution in [1.82, 2.24) is 15.5 Å². The fourth-order valence-electron chi connectivity index (χ4n) is 3.15. The van der Waals surface area contributed by atoms with Gasteiger partial charge in [0, 0.05) is 45.2 Å². The second-order valence-corrected chi connectivity index (χ2v) is 7.55. The number of hydrogen-bond acceptors (Lipinski definition) is 5. The molecule has 26 heavy (non-hydrogen) atoms. The first-order valence-corrected chi connectivity index (χ1v) is 9.25. The molecule has 0 bridgehead atoms. The Kier molecular flexibility index (Phi) is 7.60. The van der Waals surface area contributed by atoms with Crippen molar-refractivity contribution < 1.29 is 14.3 Å². The number of amides is 1. The fraction of sp³-hybridized carbons (Fsp3) is 0.600. The molecule has 1 aliphatic rings. The Bertz CT molecular complexity index is 589. The van der Waals surface area contributed by atoms with Crippen molar-refractivity contribution in [2.24, 2.45) is 5.41 Å². The van der Waals surface area contributed by atoms with Gasteiger partial charge in [-0.05, 0) is 25.8 Å². The standard InChI is InChI=1S/C20H31N3O3/c1-20(2,19(25)26-3)10-9-18(24)22-13-17-15-23(12-11-21-17)14-16-7-5-4-6-8-16/h4-8,17,21H,9-15H2,1-3H3,(H,22,24)/t17-/m1/s1. The molecule has 0 unspecified atom stereocenters. The van der Waals surface area contributed by atoms with E-state index in [1.165, 1.54) is 12.7 Å². The van der Waals surface area contributed by atoms with Crippen molar-refractivity contribution in [3.63, 3.8) is 0 Å².